The van der Waals surface area contributed by atoms with Crippen LogP contribution in [0, 0.1) is 0 Å². The Morgan fingerprint density at radius 1 is 0.839 bits per heavy atom. The van der Waals surface area contributed by atoms with Crippen LogP contribution in [0.5, 0.6) is 5.75 Å². The van der Waals surface area contributed by atoms with Crippen molar-refractivity contribution in [2.45, 2.75) is 0 Å². The predicted molar refractivity (Wildman–Crippen MR) is 117 cm³/mol. The van der Waals surface area contributed by atoms with Gasteiger partial charge in [-0.3, -0.25) is 9.59 Å². The summed E-state index contributed by atoms with van der Waals surface area (Å²) in [5.74, 6) is -0.916. The fraction of sp³-hybridized carbons (Fsp3) is 0.125. The summed E-state index contributed by atoms with van der Waals surface area (Å²) in [5, 5.41) is 5.09. The van der Waals surface area contributed by atoms with Crippen LogP contribution in [-0.2, 0) is 14.3 Å². The van der Waals surface area contributed by atoms with E-state index in [1.165, 1.54) is 13.1 Å². The van der Waals surface area contributed by atoms with Crippen LogP contribution in [0.4, 0.5) is 5.69 Å². The highest BCUT2D eigenvalue weighted by molar-refractivity contribution is 5.97. The van der Waals surface area contributed by atoms with E-state index in [2.05, 4.69) is 10.6 Å². The maximum absolute atomic E-state index is 12.1. The van der Waals surface area contributed by atoms with Gasteiger partial charge in [0.25, 0.3) is 11.8 Å². The second-order valence-electron chi connectivity index (χ2n) is 6.52. The van der Waals surface area contributed by atoms with Crippen LogP contribution in [0.2, 0.25) is 0 Å². The molecule has 0 radical (unpaired) electrons. The average molecular weight is 418 g/mol. The van der Waals surface area contributed by atoms with Crippen molar-refractivity contribution in [1.29, 1.82) is 0 Å². The minimum Gasteiger partial charge on any atom is -0.481 e. The lowest BCUT2D eigenvalue weighted by atomic mass is 10.1. The molecule has 0 aliphatic rings. The molecule has 0 aliphatic carbocycles. The van der Waals surface area contributed by atoms with E-state index in [0.717, 1.165) is 11.1 Å². The van der Waals surface area contributed by atoms with Gasteiger partial charge >= 0.3 is 5.97 Å². The smallest absolute Gasteiger partial charge is 0.344 e. The molecule has 0 spiro atoms. The second kappa shape index (κ2) is 10.6. The summed E-state index contributed by atoms with van der Waals surface area (Å²) in [4.78, 5) is 35.7. The van der Waals surface area contributed by atoms with Gasteiger partial charge in [0, 0.05) is 23.9 Å². The Hall–Kier alpha value is -4.13. The van der Waals surface area contributed by atoms with Crippen molar-refractivity contribution in [3.63, 3.8) is 0 Å². The molecule has 2 amide bonds. The average Bonchev–Trinajstić information content (AvgIpc) is 2.81. The molecule has 2 N–H and O–H groups in total. The Morgan fingerprint density at radius 2 is 1.58 bits per heavy atom. The molecule has 0 heterocycles. The third-order valence-corrected chi connectivity index (χ3v) is 4.32. The first-order chi connectivity index (χ1) is 15.1. The summed E-state index contributed by atoms with van der Waals surface area (Å²) in [7, 11) is 1.52. The lowest BCUT2D eigenvalue weighted by Crippen LogP contribution is -2.24. The number of para-hydroxylation sites is 1. The molecule has 3 rings (SSSR count). The number of hydrogen-bond acceptors (Lipinski definition) is 5. The van der Waals surface area contributed by atoms with Crippen molar-refractivity contribution in [2.75, 3.05) is 25.6 Å². The molecule has 31 heavy (non-hydrogen) atoms. The number of rotatable bonds is 8. The van der Waals surface area contributed by atoms with E-state index in [0.29, 0.717) is 17.0 Å². The first-order valence-corrected chi connectivity index (χ1v) is 9.61. The molecule has 7 nitrogen and oxygen atoms in total. The lowest BCUT2D eigenvalue weighted by Gasteiger charge is -2.11. The Morgan fingerprint density at radius 3 is 2.35 bits per heavy atom. The highest BCUT2D eigenvalue weighted by Crippen LogP contribution is 2.29. The van der Waals surface area contributed by atoms with Crippen molar-refractivity contribution in [3.05, 3.63) is 84.4 Å². The lowest BCUT2D eigenvalue weighted by molar-refractivity contribution is -0.149. The van der Waals surface area contributed by atoms with E-state index < -0.39 is 18.5 Å². The monoisotopic (exact) mass is 418 g/mol. The number of anilines is 1. The van der Waals surface area contributed by atoms with Gasteiger partial charge in [-0.2, -0.15) is 0 Å². The van der Waals surface area contributed by atoms with E-state index in [4.69, 9.17) is 9.47 Å². The molecule has 0 saturated heterocycles. The van der Waals surface area contributed by atoms with Crippen LogP contribution in [0.1, 0.15) is 10.4 Å². The number of benzene rings is 3. The fourth-order valence-corrected chi connectivity index (χ4v) is 2.85. The van der Waals surface area contributed by atoms with E-state index >= 15 is 0 Å². The first kappa shape index (κ1) is 21.6. The van der Waals surface area contributed by atoms with Crippen LogP contribution in [-0.4, -0.2) is 38.0 Å². The molecule has 0 bridgehead atoms. The highest BCUT2D eigenvalue weighted by atomic mass is 16.6. The molecular weight excluding hydrogens is 396 g/mol. The van der Waals surface area contributed by atoms with Crippen LogP contribution >= 0.6 is 0 Å². The van der Waals surface area contributed by atoms with Gasteiger partial charge in [0.15, 0.2) is 13.2 Å². The molecule has 0 unspecified atom stereocenters. The van der Waals surface area contributed by atoms with Gasteiger partial charge in [0.05, 0.1) is 0 Å². The van der Waals surface area contributed by atoms with Crippen molar-refractivity contribution < 1.29 is 23.9 Å². The second-order valence-corrected chi connectivity index (χ2v) is 6.52. The van der Waals surface area contributed by atoms with Gasteiger partial charge in [0.1, 0.15) is 5.75 Å². The van der Waals surface area contributed by atoms with Gasteiger partial charge < -0.3 is 20.1 Å². The van der Waals surface area contributed by atoms with E-state index in [1.54, 1.807) is 24.3 Å². The van der Waals surface area contributed by atoms with E-state index in [9.17, 15) is 14.4 Å². The minimum atomic E-state index is -0.669. The zero-order valence-corrected chi connectivity index (χ0v) is 17.0. The number of ether oxygens (including phenoxy) is 2. The van der Waals surface area contributed by atoms with Crippen molar-refractivity contribution in [1.82, 2.24) is 5.32 Å². The number of carbonyl (C=O) groups excluding carboxylic acids is 3. The third kappa shape index (κ3) is 6.17. The quantitative estimate of drug-likeness (QED) is 0.548. The largest absolute Gasteiger partial charge is 0.481 e. The molecule has 158 valence electrons. The summed E-state index contributed by atoms with van der Waals surface area (Å²) < 4.78 is 10.6. The van der Waals surface area contributed by atoms with Crippen molar-refractivity contribution in [2.24, 2.45) is 0 Å². The number of nitrogens with one attached hydrogen (secondary N) is 2. The Kier molecular flexibility index (Phi) is 7.37. The molecule has 0 aromatic heterocycles. The molecular formula is C24H22N2O5. The number of amides is 2. The van der Waals surface area contributed by atoms with E-state index in [-0.39, 0.29) is 12.5 Å². The number of hydrogen-bond donors (Lipinski definition) is 2. The summed E-state index contributed by atoms with van der Waals surface area (Å²) in [5.41, 5.74) is 2.65. The van der Waals surface area contributed by atoms with Crippen LogP contribution in [0.15, 0.2) is 78.9 Å². The van der Waals surface area contributed by atoms with Gasteiger partial charge in [-0.15, -0.1) is 0 Å². The Bertz CT molecular complexity index is 1070. The fourth-order valence-electron chi connectivity index (χ4n) is 2.85. The van der Waals surface area contributed by atoms with Crippen LogP contribution in [0.3, 0.4) is 0 Å². The van der Waals surface area contributed by atoms with Crippen LogP contribution in [0.25, 0.3) is 11.1 Å². The maximum Gasteiger partial charge on any atom is 0.344 e. The molecule has 3 aromatic carbocycles. The normalized spacial score (nSPS) is 10.1. The number of esters is 1. The molecule has 0 atom stereocenters. The van der Waals surface area contributed by atoms with Crippen molar-refractivity contribution >= 4 is 23.5 Å². The summed E-state index contributed by atoms with van der Waals surface area (Å²) in [6, 6.07) is 23.5. The Labute approximate surface area is 180 Å². The summed E-state index contributed by atoms with van der Waals surface area (Å²) >= 11 is 0. The summed E-state index contributed by atoms with van der Waals surface area (Å²) in [6.45, 7) is -0.796. The standard InChI is InChI=1S/C24H22N2O5/c1-25-24(29)18-10-7-11-19(14-18)26-22(27)15-31-23(28)16-30-21-13-6-5-12-20(21)17-8-3-2-4-9-17/h2-14H,15-16H2,1H3,(H,25,29)(H,26,27). The zero-order valence-electron chi connectivity index (χ0n) is 17.0. The molecule has 0 saturated carbocycles. The SMILES string of the molecule is CNC(=O)c1cccc(NC(=O)COC(=O)COc2ccccc2-c2ccccc2)c1. The molecule has 3 aromatic rings. The van der Waals surface area contributed by atoms with Crippen molar-refractivity contribution in [3.8, 4) is 16.9 Å². The summed E-state index contributed by atoms with van der Waals surface area (Å²) in [6.07, 6.45) is 0. The predicted octanol–water partition coefficient (Wildman–Crippen LogP) is 3.27. The topological polar surface area (TPSA) is 93.7 Å². The molecule has 0 aliphatic heterocycles. The number of carbonyl (C=O) groups is 3. The van der Waals surface area contributed by atoms with E-state index in [1.807, 2.05) is 48.5 Å². The highest BCUT2D eigenvalue weighted by Gasteiger charge is 2.12. The third-order valence-electron chi connectivity index (χ3n) is 4.32. The minimum absolute atomic E-state index is 0.268. The van der Waals surface area contributed by atoms with Gasteiger partial charge in [-0.05, 0) is 29.8 Å². The molecule has 0 fully saturated rings. The van der Waals surface area contributed by atoms with Gasteiger partial charge in [-0.25, -0.2) is 4.79 Å². The zero-order chi connectivity index (χ0) is 22.1. The van der Waals surface area contributed by atoms with Crippen LogP contribution < -0.4 is 15.4 Å². The van der Waals surface area contributed by atoms with Gasteiger partial charge in [0.2, 0.25) is 0 Å². The van der Waals surface area contributed by atoms with Gasteiger partial charge in [-0.1, -0.05) is 54.6 Å². The first-order valence-electron chi connectivity index (χ1n) is 9.61. The molecule has 7 heteroatoms. The maximum atomic E-state index is 12.1. The Balaban J connectivity index is 1.50.